The molecule has 0 aliphatic rings. The first kappa shape index (κ1) is 30.7. The molecule has 0 aliphatic carbocycles. The molecular weight excluding hydrogens is 472 g/mol. The van der Waals surface area contributed by atoms with Gasteiger partial charge in [-0.05, 0) is 20.8 Å². The maximum Gasteiger partial charge on any atom is 0.379 e. The lowest BCUT2D eigenvalue weighted by atomic mass is 10.2. The van der Waals surface area contributed by atoms with Gasteiger partial charge < -0.3 is 28.4 Å². The highest BCUT2D eigenvalue weighted by Gasteiger charge is 2.29. The minimum Gasteiger partial charge on any atom is -0.462 e. The van der Waals surface area contributed by atoms with Crippen molar-refractivity contribution in [2.45, 2.75) is 26.9 Å². The monoisotopic (exact) mass is 498 g/mol. The van der Waals surface area contributed by atoms with Crippen LogP contribution in [0.25, 0.3) is 0 Å². The van der Waals surface area contributed by atoms with E-state index >= 15 is 0 Å². The number of hydrogen-bond donors (Lipinski definition) is 0. The molecule has 1 unspecified atom stereocenters. The molecule has 0 radical (unpaired) electrons. The van der Waals surface area contributed by atoms with Gasteiger partial charge >= 0.3 is 35.8 Å². The maximum absolute atomic E-state index is 12.2. The first-order chi connectivity index (χ1) is 16.4. The molecular formula is C22H26O13. The predicted octanol–water partition coefficient (Wildman–Crippen LogP) is -0.0884. The molecule has 0 bridgehead atoms. The first-order valence-electron chi connectivity index (χ1n) is 10.1. The molecule has 1 atom stereocenters. The Morgan fingerprint density at radius 3 is 1.29 bits per heavy atom. The van der Waals surface area contributed by atoms with E-state index in [9.17, 15) is 33.6 Å². The van der Waals surface area contributed by atoms with Crippen molar-refractivity contribution in [3.63, 3.8) is 0 Å². The molecule has 0 N–H and O–H groups in total. The van der Waals surface area contributed by atoms with Gasteiger partial charge in [0.25, 0.3) is 5.78 Å². The van der Waals surface area contributed by atoms with Gasteiger partial charge in [0.15, 0.2) is 6.10 Å². The molecule has 0 saturated carbocycles. The summed E-state index contributed by atoms with van der Waals surface area (Å²) >= 11 is 0. The SMILES string of the molecule is C=C(C(=O)OCC)C(=O)OCC(COC(=O)C(=C)C(=O)C(=O)OCC)OC(=O)C(=C)C(=O)OCC. The Hall–Kier alpha value is -4.29. The Morgan fingerprint density at radius 2 is 0.857 bits per heavy atom. The van der Waals surface area contributed by atoms with Gasteiger partial charge in [0, 0.05) is 0 Å². The van der Waals surface area contributed by atoms with Crippen molar-refractivity contribution in [2.75, 3.05) is 33.0 Å². The second kappa shape index (κ2) is 15.5. The quantitative estimate of drug-likeness (QED) is 0.0732. The smallest absolute Gasteiger partial charge is 0.379 e. The van der Waals surface area contributed by atoms with Crippen LogP contribution in [0, 0.1) is 0 Å². The number of rotatable bonds is 15. The summed E-state index contributed by atoms with van der Waals surface area (Å²) in [6, 6.07) is 0. The van der Waals surface area contributed by atoms with Crippen LogP contribution in [0.3, 0.4) is 0 Å². The van der Waals surface area contributed by atoms with Crippen molar-refractivity contribution in [3.8, 4) is 0 Å². The molecule has 192 valence electrons. The van der Waals surface area contributed by atoms with Crippen LogP contribution in [0.15, 0.2) is 36.5 Å². The Bertz CT molecular complexity index is 912. The standard InChI is InChI=1S/C22H26O13/c1-7-30-18(25)13(5)20(27)34-11-15(35-21(28)14(6)19(26)31-8-2)10-33-17(24)12(4)16(23)22(29)32-9-3/h15H,4-11H2,1-3H3. The number of esters is 6. The van der Waals surface area contributed by atoms with Crippen molar-refractivity contribution >= 4 is 41.6 Å². The van der Waals surface area contributed by atoms with Crippen LogP contribution >= 0.6 is 0 Å². The third kappa shape index (κ3) is 10.5. The molecule has 0 amide bonds. The lowest BCUT2D eigenvalue weighted by molar-refractivity contribution is -0.164. The molecule has 0 rings (SSSR count). The number of hydrogen-bond acceptors (Lipinski definition) is 13. The highest BCUT2D eigenvalue weighted by Crippen LogP contribution is 2.08. The van der Waals surface area contributed by atoms with Crippen LogP contribution in [0.2, 0.25) is 0 Å². The molecule has 0 fully saturated rings. The van der Waals surface area contributed by atoms with E-state index in [2.05, 4.69) is 33.9 Å². The van der Waals surface area contributed by atoms with Crippen molar-refractivity contribution in [3.05, 3.63) is 36.5 Å². The fourth-order valence-corrected chi connectivity index (χ4v) is 1.87. The molecule has 13 nitrogen and oxygen atoms in total. The maximum atomic E-state index is 12.2. The highest BCUT2D eigenvalue weighted by molar-refractivity contribution is 6.46. The Kier molecular flexibility index (Phi) is 13.6. The van der Waals surface area contributed by atoms with Crippen LogP contribution in [-0.4, -0.2) is 80.7 Å². The summed E-state index contributed by atoms with van der Waals surface area (Å²) in [5, 5.41) is 0. The lowest BCUT2D eigenvalue weighted by Crippen LogP contribution is -2.34. The molecule has 0 aliphatic heterocycles. The molecule has 0 heterocycles. The van der Waals surface area contributed by atoms with Crippen LogP contribution in [0.4, 0.5) is 0 Å². The number of Topliss-reactive ketones (excluding diaryl/α,β-unsaturated/α-hetero) is 1. The summed E-state index contributed by atoms with van der Waals surface area (Å²) in [4.78, 5) is 82.6. The van der Waals surface area contributed by atoms with Crippen LogP contribution in [0.1, 0.15) is 20.8 Å². The van der Waals surface area contributed by atoms with Crippen LogP contribution in [0.5, 0.6) is 0 Å². The van der Waals surface area contributed by atoms with Gasteiger partial charge in [-0.3, -0.25) is 4.79 Å². The Balaban J connectivity index is 5.34. The van der Waals surface area contributed by atoms with Gasteiger partial charge in [0.2, 0.25) is 0 Å². The van der Waals surface area contributed by atoms with E-state index in [1.54, 1.807) is 0 Å². The van der Waals surface area contributed by atoms with Gasteiger partial charge in [-0.15, -0.1) is 0 Å². The number of ketones is 1. The Morgan fingerprint density at radius 1 is 0.514 bits per heavy atom. The zero-order valence-electron chi connectivity index (χ0n) is 19.5. The predicted molar refractivity (Wildman–Crippen MR) is 114 cm³/mol. The van der Waals surface area contributed by atoms with E-state index < -0.39 is 77.6 Å². The summed E-state index contributed by atoms with van der Waals surface area (Å²) in [5.74, 6) is -8.74. The van der Waals surface area contributed by atoms with Gasteiger partial charge in [0.1, 0.15) is 29.9 Å². The average molecular weight is 498 g/mol. The first-order valence-corrected chi connectivity index (χ1v) is 10.1. The molecule has 0 aromatic carbocycles. The second-order valence-corrected chi connectivity index (χ2v) is 6.15. The van der Waals surface area contributed by atoms with Crippen molar-refractivity contribution in [1.82, 2.24) is 0 Å². The topological polar surface area (TPSA) is 175 Å². The summed E-state index contributed by atoms with van der Waals surface area (Å²) in [7, 11) is 0. The number of ether oxygens (including phenoxy) is 6. The molecule has 0 spiro atoms. The summed E-state index contributed by atoms with van der Waals surface area (Å²) in [6.45, 7) is 12.2. The lowest BCUT2D eigenvalue weighted by Gasteiger charge is -2.18. The third-order valence-electron chi connectivity index (χ3n) is 3.59. The van der Waals surface area contributed by atoms with Crippen molar-refractivity contribution < 1.29 is 62.0 Å². The Labute approximate surface area is 200 Å². The van der Waals surface area contributed by atoms with Crippen molar-refractivity contribution in [1.29, 1.82) is 0 Å². The average Bonchev–Trinajstić information content (AvgIpc) is 2.83. The second-order valence-electron chi connectivity index (χ2n) is 6.15. The summed E-state index contributed by atoms with van der Waals surface area (Å²) in [5.41, 5.74) is -2.26. The summed E-state index contributed by atoms with van der Waals surface area (Å²) in [6.07, 6.45) is -1.55. The van der Waals surface area contributed by atoms with E-state index in [0.717, 1.165) is 0 Å². The largest absolute Gasteiger partial charge is 0.462 e. The van der Waals surface area contributed by atoms with E-state index in [4.69, 9.17) is 14.2 Å². The normalized spacial score (nSPS) is 10.6. The van der Waals surface area contributed by atoms with E-state index in [1.807, 2.05) is 0 Å². The fourth-order valence-electron chi connectivity index (χ4n) is 1.87. The van der Waals surface area contributed by atoms with Gasteiger partial charge in [-0.25, -0.2) is 28.8 Å². The molecule has 13 heteroatoms. The highest BCUT2D eigenvalue weighted by atomic mass is 16.6. The molecule has 0 saturated heterocycles. The van der Waals surface area contributed by atoms with E-state index in [-0.39, 0.29) is 19.8 Å². The minimum absolute atomic E-state index is 0.0360. The zero-order chi connectivity index (χ0) is 27.1. The van der Waals surface area contributed by atoms with Crippen LogP contribution in [-0.2, 0) is 62.0 Å². The molecule has 0 aromatic heterocycles. The fraction of sp³-hybridized carbons (Fsp3) is 0.409. The van der Waals surface area contributed by atoms with Gasteiger partial charge in [0.05, 0.1) is 19.8 Å². The minimum atomic E-state index is -1.55. The molecule has 0 aromatic rings. The number of carbonyl (C=O) groups excluding carboxylic acids is 7. The zero-order valence-corrected chi connectivity index (χ0v) is 19.5. The van der Waals surface area contributed by atoms with Crippen LogP contribution < -0.4 is 0 Å². The summed E-state index contributed by atoms with van der Waals surface area (Å²) < 4.78 is 28.2. The number of carbonyl (C=O) groups is 7. The van der Waals surface area contributed by atoms with Gasteiger partial charge in [-0.2, -0.15) is 0 Å². The van der Waals surface area contributed by atoms with E-state index in [0.29, 0.717) is 0 Å². The van der Waals surface area contributed by atoms with Gasteiger partial charge in [-0.1, -0.05) is 19.7 Å². The van der Waals surface area contributed by atoms with Crippen molar-refractivity contribution in [2.24, 2.45) is 0 Å². The third-order valence-corrected chi connectivity index (χ3v) is 3.59. The molecule has 35 heavy (non-hydrogen) atoms. The van der Waals surface area contributed by atoms with E-state index in [1.165, 1.54) is 20.8 Å².